The van der Waals surface area contributed by atoms with Crippen LogP contribution in [-0.2, 0) is 16.0 Å². The van der Waals surface area contributed by atoms with Crippen molar-refractivity contribution in [2.24, 2.45) is 5.92 Å². The van der Waals surface area contributed by atoms with Gasteiger partial charge in [0.15, 0.2) is 0 Å². The van der Waals surface area contributed by atoms with Crippen LogP contribution in [0, 0.1) is 5.92 Å². The van der Waals surface area contributed by atoms with Crippen molar-refractivity contribution in [3.63, 3.8) is 0 Å². The summed E-state index contributed by atoms with van der Waals surface area (Å²) < 4.78 is 7.30. The predicted octanol–water partition coefficient (Wildman–Crippen LogP) is 1.50. The normalized spacial score (nSPS) is 19.1. The van der Waals surface area contributed by atoms with Crippen LogP contribution in [-0.4, -0.2) is 34.1 Å². The number of hydrogen-bond acceptors (Lipinski definition) is 3. The number of hydrogen-bond donors (Lipinski definition) is 1. The molecular weight excluding hydrogens is 220 g/mol. The molecule has 5 heteroatoms. The van der Waals surface area contributed by atoms with Gasteiger partial charge < -0.3 is 9.84 Å². The van der Waals surface area contributed by atoms with E-state index in [0.717, 1.165) is 31.7 Å². The minimum Gasteiger partial charge on any atom is -0.481 e. The molecule has 0 spiro atoms. The zero-order chi connectivity index (χ0) is 12.3. The van der Waals surface area contributed by atoms with Crippen LogP contribution in [0.1, 0.15) is 31.5 Å². The van der Waals surface area contributed by atoms with Crippen molar-refractivity contribution < 1.29 is 14.6 Å². The Bertz CT molecular complexity index is 383. The summed E-state index contributed by atoms with van der Waals surface area (Å²) in [6.07, 6.45) is 4.19. The number of rotatable bonds is 4. The van der Waals surface area contributed by atoms with Crippen molar-refractivity contribution in [1.82, 2.24) is 9.78 Å². The van der Waals surface area contributed by atoms with E-state index >= 15 is 0 Å². The highest BCUT2D eigenvalue weighted by Gasteiger charge is 2.21. The van der Waals surface area contributed by atoms with Crippen LogP contribution < -0.4 is 0 Å². The van der Waals surface area contributed by atoms with E-state index < -0.39 is 5.97 Å². The Kier molecular flexibility index (Phi) is 3.78. The number of carboxylic acids is 1. The second-order valence-electron chi connectivity index (χ2n) is 4.55. The molecule has 17 heavy (non-hydrogen) atoms. The lowest BCUT2D eigenvalue weighted by Crippen LogP contribution is -2.23. The molecule has 1 saturated heterocycles. The van der Waals surface area contributed by atoms with Crippen LogP contribution >= 0.6 is 0 Å². The van der Waals surface area contributed by atoms with E-state index in [1.807, 2.05) is 10.7 Å². The summed E-state index contributed by atoms with van der Waals surface area (Å²) in [6.45, 7) is 3.25. The standard InChI is InChI=1S/C12H18N2O3/c1-9(12(15)16)8-11-2-5-13-14(11)10-3-6-17-7-4-10/h2,5,9-10H,3-4,6-8H2,1H3,(H,15,16). The van der Waals surface area contributed by atoms with E-state index in [-0.39, 0.29) is 5.92 Å². The quantitative estimate of drug-likeness (QED) is 0.863. The first-order valence-electron chi connectivity index (χ1n) is 6.01. The second kappa shape index (κ2) is 5.31. The SMILES string of the molecule is CC(Cc1ccnn1C1CCOCC1)C(=O)O. The largest absolute Gasteiger partial charge is 0.481 e. The van der Waals surface area contributed by atoms with E-state index in [2.05, 4.69) is 5.10 Å². The first kappa shape index (κ1) is 12.1. The summed E-state index contributed by atoms with van der Waals surface area (Å²) in [6, 6.07) is 2.27. The molecule has 0 radical (unpaired) electrons. The van der Waals surface area contributed by atoms with Crippen molar-refractivity contribution in [3.05, 3.63) is 18.0 Å². The Morgan fingerprint density at radius 3 is 3.00 bits per heavy atom. The van der Waals surface area contributed by atoms with E-state index in [4.69, 9.17) is 9.84 Å². The van der Waals surface area contributed by atoms with Gasteiger partial charge >= 0.3 is 5.97 Å². The molecule has 0 bridgehead atoms. The van der Waals surface area contributed by atoms with Crippen LogP contribution in [0.15, 0.2) is 12.3 Å². The summed E-state index contributed by atoms with van der Waals surface area (Å²) in [4.78, 5) is 10.9. The highest BCUT2D eigenvalue weighted by Crippen LogP contribution is 2.22. The second-order valence-corrected chi connectivity index (χ2v) is 4.55. The number of aliphatic carboxylic acids is 1. The Balaban J connectivity index is 2.07. The number of carboxylic acid groups (broad SMARTS) is 1. The van der Waals surface area contributed by atoms with Gasteiger partial charge in [-0.15, -0.1) is 0 Å². The first-order valence-corrected chi connectivity index (χ1v) is 6.01. The lowest BCUT2D eigenvalue weighted by atomic mass is 10.0. The van der Waals surface area contributed by atoms with Gasteiger partial charge in [0, 0.05) is 31.5 Å². The number of nitrogens with zero attached hydrogens (tertiary/aromatic N) is 2. The third-order valence-corrected chi connectivity index (χ3v) is 3.23. The van der Waals surface area contributed by atoms with Gasteiger partial charge in [-0.1, -0.05) is 6.92 Å². The zero-order valence-corrected chi connectivity index (χ0v) is 10.0. The van der Waals surface area contributed by atoms with E-state index in [0.29, 0.717) is 12.5 Å². The average Bonchev–Trinajstić information content (AvgIpc) is 2.78. The Morgan fingerprint density at radius 1 is 1.65 bits per heavy atom. The molecule has 94 valence electrons. The molecule has 0 aromatic carbocycles. The molecule has 1 aromatic heterocycles. The minimum atomic E-state index is -0.760. The van der Waals surface area contributed by atoms with Crippen LogP contribution in [0.25, 0.3) is 0 Å². The van der Waals surface area contributed by atoms with Crippen LogP contribution in [0.2, 0.25) is 0 Å². The molecule has 5 nitrogen and oxygen atoms in total. The number of ether oxygens (including phenoxy) is 1. The van der Waals surface area contributed by atoms with Gasteiger partial charge in [0.2, 0.25) is 0 Å². The molecule has 1 atom stereocenters. The smallest absolute Gasteiger partial charge is 0.306 e. The molecule has 1 aliphatic rings. The van der Waals surface area contributed by atoms with Gasteiger partial charge in [-0.2, -0.15) is 5.10 Å². The predicted molar refractivity (Wildman–Crippen MR) is 61.8 cm³/mol. The Labute approximate surface area is 100 Å². The third kappa shape index (κ3) is 2.85. The van der Waals surface area contributed by atoms with Crippen LogP contribution in [0.4, 0.5) is 0 Å². The van der Waals surface area contributed by atoms with Crippen molar-refractivity contribution in [3.8, 4) is 0 Å². The maximum atomic E-state index is 10.9. The molecule has 1 N–H and O–H groups in total. The van der Waals surface area contributed by atoms with Gasteiger partial charge in [0.05, 0.1) is 12.0 Å². The van der Waals surface area contributed by atoms with Crippen molar-refractivity contribution in [2.45, 2.75) is 32.2 Å². The summed E-state index contributed by atoms with van der Waals surface area (Å²) in [5.41, 5.74) is 1.01. The van der Waals surface area contributed by atoms with Gasteiger partial charge in [-0.05, 0) is 18.9 Å². The molecule has 1 fully saturated rings. The maximum absolute atomic E-state index is 10.9. The van der Waals surface area contributed by atoms with Gasteiger partial charge in [-0.3, -0.25) is 9.48 Å². The van der Waals surface area contributed by atoms with Crippen molar-refractivity contribution >= 4 is 5.97 Å². The summed E-state index contributed by atoms with van der Waals surface area (Å²) in [5, 5.41) is 13.3. The zero-order valence-electron chi connectivity index (χ0n) is 10.0. The van der Waals surface area contributed by atoms with Gasteiger partial charge in [0.25, 0.3) is 0 Å². The Morgan fingerprint density at radius 2 is 2.35 bits per heavy atom. The highest BCUT2D eigenvalue weighted by atomic mass is 16.5. The monoisotopic (exact) mass is 238 g/mol. The summed E-state index contributed by atoms with van der Waals surface area (Å²) in [7, 11) is 0. The minimum absolute atomic E-state index is 0.356. The van der Waals surface area contributed by atoms with Gasteiger partial charge in [0.1, 0.15) is 0 Å². The molecule has 2 heterocycles. The van der Waals surface area contributed by atoms with Gasteiger partial charge in [-0.25, -0.2) is 0 Å². The maximum Gasteiger partial charge on any atom is 0.306 e. The fraction of sp³-hybridized carbons (Fsp3) is 0.667. The summed E-state index contributed by atoms with van der Waals surface area (Å²) >= 11 is 0. The number of aromatic nitrogens is 2. The van der Waals surface area contributed by atoms with E-state index in [1.54, 1.807) is 13.1 Å². The average molecular weight is 238 g/mol. The molecular formula is C12H18N2O3. The molecule has 1 unspecified atom stereocenters. The summed E-state index contributed by atoms with van der Waals surface area (Å²) in [5.74, 6) is -1.13. The van der Waals surface area contributed by atoms with Crippen molar-refractivity contribution in [2.75, 3.05) is 13.2 Å². The third-order valence-electron chi connectivity index (χ3n) is 3.23. The number of carbonyl (C=O) groups is 1. The molecule has 0 amide bonds. The van der Waals surface area contributed by atoms with E-state index in [9.17, 15) is 4.79 Å². The fourth-order valence-corrected chi connectivity index (χ4v) is 2.16. The lowest BCUT2D eigenvalue weighted by Gasteiger charge is -2.24. The molecule has 1 aliphatic heterocycles. The lowest BCUT2D eigenvalue weighted by molar-refractivity contribution is -0.141. The first-order chi connectivity index (χ1) is 8.18. The van der Waals surface area contributed by atoms with Crippen LogP contribution in [0.5, 0.6) is 0 Å². The topological polar surface area (TPSA) is 64.4 Å². The molecule has 0 aliphatic carbocycles. The highest BCUT2D eigenvalue weighted by molar-refractivity contribution is 5.69. The van der Waals surface area contributed by atoms with E-state index in [1.165, 1.54) is 0 Å². The molecule has 0 saturated carbocycles. The fourth-order valence-electron chi connectivity index (χ4n) is 2.16. The van der Waals surface area contributed by atoms with Crippen molar-refractivity contribution in [1.29, 1.82) is 0 Å². The molecule has 2 rings (SSSR count). The Hall–Kier alpha value is -1.36. The molecule has 1 aromatic rings. The van der Waals surface area contributed by atoms with Crippen LogP contribution in [0.3, 0.4) is 0 Å².